The van der Waals surface area contributed by atoms with E-state index < -0.39 is 10.0 Å². The van der Waals surface area contributed by atoms with E-state index in [9.17, 15) is 8.42 Å². The maximum Gasteiger partial charge on any atom is 0.211 e. The minimum atomic E-state index is -3.06. The van der Waals surface area contributed by atoms with Crippen molar-refractivity contribution in [3.8, 4) is 5.75 Å². The minimum absolute atomic E-state index is 0.378. The SMILES string of the molecule is COc1ccccc1CNCC1CCCN(S(C)(=O)=O)C1. The molecule has 1 aliphatic heterocycles. The molecule has 1 heterocycles. The van der Waals surface area contributed by atoms with Gasteiger partial charge in [-0.05, 0) is 31.4 Å². The van der Waals surface area contributed by atoms with Crippen LogP contribution in [0, 0.1) is 5.92 Å². The summed E-state index contributed by atoms with van der Waals surface area (Å²) in [5.74, 6) is 1.26. The van der Waals surface area contributed by atoms with Gasteiger partial charge in [-0.1, -0.05) is 18.2 Å². The van der Waals surface area contributed by atoms with Crippen LogP contribution < -0.4 is 10.1 Å². The molecule has 2 rings (SSSR count). The van der Waals surface area contributed by atoms with Crippen LogP contribution in [0.2, 0.25) is 0 Å². The van der Waals surface area contributed by atoms with E-state index in [1.165, 1.54) is 6.26 Å². The van der Waals surface area contributed by atoms with Crippen LogP contribution in [0.25, 0.3) is 0 Å². The van der Waals surface area contributed by atoms with Crippen molar-refractivity contribution in [2.45, 2.75) is 19.4 Å². The molecule has 5 nitrogen and oxygen atoms in total. The van der Waals surface area contributed by atoms with Gasteiger partial charge in [0.2, 0.25) is 10.0 Å². The first kappa shape index (κ1) is 16.3. The average Bonchev–Trinajstić information content (AvgIpc) is 2.47. The average molecular weight is 312 g/mol. The van der Waals surface area contributed by atoms with E-state index in [1.807, 2.05) is 24.3 Å². The van der Waals surface area contributed by atoms with Crippen molar-refractivity contribution in [2.75, 3.05) is 33.0 Å². The molecule has 0 aromatic heterocycles. The molecule has 0 radical (unpaired) electrons. The lowest BCUT2D eigenvalue weighted by atomic mass is 9.99. The van der Waals surface area contributed by atoms with Gasteiger partial charge >= 0.3 is 0 Å². The fourth-order valence-electron chi connectivity index (χ4n) is 2.75. The fraction of sp³-hybridized carbons (Fsp3) is 0.600. The molecule has 0 amide bonds. The molecule has 1 aliphatic rings. The molecule has 0 aliphatic carbocycles. The quantitative estimate of drug-likeness (QED) is 0.864. The highest BCUT2D eigenvalue weighted by molar-refractivity contribution is 7.88. The van der Waals surface area contributed by atoms with Gasteiger partial charge in [-0.3, -0.25) is 0 Å². The molecule has 1 unspecified atom stereocenters. The van der Waals surface area contributed by atoms with Gasteiger partial charge in [0.1, 0.15) is 5.75 Å². The van der Waals surface area contributed by atoms with Gasteiger partial charge in [0.05, 0.1) is 13.4 Å². The number of sulfonamides is 1. The van der Waals surface area contributed by atoms with Crippen LogP contribution in [0.4, 0.5) is 0 Å². The lowest BCUT2D eigenvalue weighted by Gasteiger charge is -2.31. The third-order valence-electron chi connectivity index (χ3n) is 3.89. The van der Waals surface area contributed by atoms with E-state index in [0.717, 1.165) is 37.2 Å². The number of piperidine rings is 1. The lowest BCUT2D eigenvalue weighted by molar-refractivity contribution is 0.261. The number of nitrogens with zero attached hydrogens (tertiary/aromatic N) is 1. The highest BCUT2D eigenvalue weighted by Gasteiger charge is 2.25. The number of ether oxygens (including phenoxy) is 1. The molecular formula is C15H24N2O3S. The van der Waals surface area contributed by atoms with Crippen LogP contribution in [0.15, 0.2) is 24.3 Å². The summed E-state index contributed by atoms with van der Waals surface area (Å²) in [6.45, 7) is 2.84. The molecule has 1 fully saturated rings. The highest BCUT2D eigenvalue weighted by atomic mass is 32.2. The van der Waals surface area contributed by atoms with Crippen LogP contribution >= 0.6 is 0 Å². The molecule has 21 heavy (non-hydrogen) atoms. The Hall–Kier alpha value is -1.11. The zero-order valence-electron chi connectivity index (χ0n) is 12.7. The Morgan fingerprint density at radius 3 is 2.86 bits per heavy atom. The van der Waals surface area contributed by atoms with E-state index in [2.05, 4.69) is 5.32 Å². The molecule has 0 bridgehead atoms. The summed E-state index contributed by atoms with van der Waals surface area (Å²) in [6, 6.07) is 7.93. The lowest BCUT2D eigenvalue weighted by Crippen LogP contribution is -2.42. The zero-order valence-corrected chi connectivity index (χ0v) is 13.5. The predicted octanol–water partition coefficient (Wildman–Crippen LogP) is 1.46. The molecule has 6 heteroatoms. The van der Waals surface area contributed by atoms with Crippen LogP contribution in [0.3, 0.4) is 0 Å². The fourth-order valence-corrected chi connectivity index (χ4v) is 3.70. The molecule has 1 aromatic rings. The molecule has 0 spiro atoms. The largest absolute Gasteiger partial charge is 0.496 e. The Morgan fingerprint density at radius 1 is 1.38 bits per heavy atom. The van der Waals surface area contributed by atoms with Crippen molar-refractivity contribution < 1.29 is 13.2 Å². The maximum atomic E-state index is 11.6. The first-order chi connectivity index (χ1) is 10.0. The molecule has 118 valence electrons. The standard InChI is InChI=1S/C15H24N2O3S/c1-20-15-8-4-3-7-14(15)11-16-10-13-6-5-9-17(12-13)21(2,18)19/h3-4,7-8,13,16H,5-6,9-12H2,1-2H3. The van der Waals surface area contributed by atoms with Crippen molar-refractivity contribution in [3.63, 3.8) is 0 Å². The predicted molar refractivity (Wildman–Crippen MR) is 83.8 cm³/mol. The third-order valence-corrected chi connectivity index (χ3v) is 5.16. The topological polar surface area (TPSA) is 58.6 Å². The summed E-state index contributed by atoms with van der Waals surface area (Å²) in [5, 5.41) is 3.42. The van der Waals surface area contributed by atoms with Crippen molar-refractivity contribution in [1.29, 1.82) is 0 Å². The van der Waals surface area contributed by atoms with Gasteiger partial charge in [-0.25, -0.2) is 12.7 Å². The van der Waals surface area contributed by atoms with E-state index in [4.69, 9.17) is 4.74 Å². The molecule has 1 atom stereocenters. The molecular weight excluding hydrogens is 288 g/mol. The Kier molecular flexibility index (Phi) is 5.61. The number of hydrogen-bond donors (Lipinski definition) is 1. The van der Waals surface area contributed by atoms with Gasteiger partial charge in [0.15, 0.2) is 0 Å². The second-order valence-corrected chi connectivity index (χ2v) is 7.55. The molecule has 1 saturated heterocycles. The van der Waals surface area contributed by atoms with Crippen molar-refractivity contribution >= 4 is 10.0 Å². The van der Waals surface area contributed by atoms with Crippen LogP contribution in [-0.4, -0.2) is 45.7 Å². The third kappa shape index (κ3) is 4.69. The summed E-state index contributed by atoms with van der Waals surface area (Å²) in [5.41, 5.74) is 1.12. The van der Waals surface area contributed by atoms with Gasteiger partial charge in [-0.15, -0.1) is 0 Å². The van der Waals surface area contributed by atoms with Gasteiger partial charge < -0.3 is 10.1 Å². The Bertz CT molecular complexity index is 560. The number of methoxy groups -OCH3 is 1. The Labute approximate surface area is 127 Å². The van der Waals surface area contributed by atoms with Gasteiger partial charge in [0, 0.05) is 25.2 Å². The van der Waals surface area contributed by atoms with Gasteiger partial charge in [-0.2, -0.15) is 0 Å². The summed E-state index contributed by atoms with van der Waals surface area (Å²) in [7, 11) is -1.39. The second kappa shape index (κ2) is 7.24. The maximum absolute atomic E-state index is 11.6. The van der Waals surface area contributed by atoms with Gasteiger partial charge in [0.25, 0.3) is 0 Å². The smallest absolute Gasteiger partial charge is 0.211 e. The van der Waals surface area contributed by atoms with Crippen LogP contribution in [-0.2, 0) is 16.6 Å². The molecule has 1 N–H and O–H groups in total. The first-order valence-electron chi connectivity index (χ1n) is 7.28. The molecule has 1 aromatic carbocycles. The van der Waals surface area contributed by atoms with Crippen molar-refractivity contribution in [1.82, 2.24) is 9.62 Å². The minimum Gasteiger partial charge on any atom is -0.496 e. The Morgan fingerprint density at radius 2 is 2.14 bits per heavy atom. The number of para-hydroxylation sites is 1. The summed E-state index contributed by atoms with van der Waals surface area (Å²) in [6.07, 6.45) is 3.30. The highest BCUT2D eigenvalue weighted by Crippen LogP contribution is 2.19. The summed E-state index contributed by atoms with van der Waals surface area (Å²) >= 11 is 0. The summed E-state index contributed by atoms with van der Waals surface area (Å²) in [4.78, 5) is 0. The van der Waals surface area contributed by atoms with E-state index in [1.54, 1.807) is 11.4 Å². The molecule has 0 saturated carbocycles. The summed E-state index contributed by atoms with van der Waals surface area (Å²) < 4.78 is 30.1. The number of benzene rings is 1. The zero-order chi connectivity index (χ0) is 15.3. The van der Waals surface area contributed by atoms with E-state index >= 15 is 0 Å². The van der Waals surface area contributed by atoms with E-state index in [0.29, 0.717) is 19.0 Å². The first-order valence-corrected chi connectivity index (χ1v) is 9.13. The Balaban J connectivity index is 1.83. The number of nitrogens with one attached hydrogen (secondary N) is 1. The van der Waals surface area contributed by atoms with Crippen LogP contribution in [0.5, 0.6) is 5.75 Å². The van der Waals surface area contributed by atoms with Crippen LogP contribution in [0.1, 0.15) is 18.4 Å². The number of rotatable bonds is 6. The van der Waals surface area contributed by atoms with Crippen molar-refractivity contribution in [3.05, 3.63) is 29.8 Å². The second-order valence-electron chi connectivity index (χ2n) is 5.57. The normalized spacial score (nSPS) is 20.4. The monoisotopic (exact) mass is 312 g/mol. The van der Waals surface area contributed by atoms with E-state index in [-0.39, 0.29) is 0 Å². The number of hydrogen-bond acceptors (Lipinski definition) is 4. The van der Waals surface area contributed by atoms with Crippen molar-refractivity contribution in [2.24, 2.45) is 5.92 Å².